The van der Waals surface area contributed by atoms with Crippen molar-refractivity contribution in [2.24, 2.45) is 5.41 Å². The smallest absolute Gasteiger partial charge is 0.253 e. The van der Waals surface area contributed by atoms with Crippen molar-refractivity contribution in [2.45, 2.75) is 33.6 Å². The van der Waals surface area contributed by atoms with E-state index in [2.05, 4.69) is 20.8 Å². The number of rotatable bonds is 2. The lowest BCUT2D eigenvalue weighted by Gasteiger charge is -2.25. The van der Waals surface area contributed by atoms with Crippen molar-refractivity contribution < 1.29 is 9.59 Å². The molecule has 0 N–H and O–H groups in total. The summed E-state index contributed by atoms with van der Waals surface area (Å²) in [6.45, 7) is 8.94. The maximum atomic E-state index is 12.5. The first kappa shape index (κ1) is 16.5. The minimum absolute atomic E-state index is 0.00291. The van der Waals surface area contributed by atoms with Crippen molar-refractivity contribution in [1.29, 1.82) is 0 Å². The van der Waals surface area contributed by atoms with Gasteiger partial charge in [-0.3, -0.25) is 9.59 Å². The van der Waals surface area contributed by atoms with E-state index in [4.69, 9.17) is 0 Å². The van der Waals surface area contributed by atoms with Crippen LogP contribution < -0.4 is 0 Å². The van der Waals surface area contributed by atoms with Crippen LogP contribution in [0.2, 0.25) is 0 Å². The second kappa shape index (κ2) is 6.95. The molecule has 4 nitrogen and oxygen atoms in total. The van der Waals surface area contributed by atoms with Gasteiger partial charge in [-0.1, -0.05) is 39.0 Å². The Balaban J connectivity index is 1.95. The fourth-order valence-corrected chi connectivity index (χ4v) is 2.70. The molecule has 1 aliphatic rings. The van der Waals surface area contributed by atoms with Crippen LogP contribution in [0.25, 0.3) is 0 Å². The topological polar surface area (TPSA) is 40.6 Å². The monoisotopic (exact) mass is 302 g/mol. The average molecular weight is 302 g/mol. The second-order valence-electron chi connectivity index (χ2n) is 7.13. The third-order valence-electron chi connectivity index (χ3n) is 3.84. The average Bonchev–Trinajstić information content (AvgIpc) is 2.71. The lowest BCUT2D eigenvalue weighted by atomic mass is 9.91. The van der Waals surface area contributed by atoms with E-state index in [1.807, 2.05) is 40.1 Å². The summed E-state index contributed by atoms with van der Waals surface area (Å²) in [6.07, 6.45) is 1.40. The maximum absolute atomic E-state index is 12.5. The maximum Gasteiger partial charge on any atom is 0.253 e. The van der Waals surface area contributed by atoms with Crippen LogP contribution in [0.15, 0.2) is 30.3 Å². The largest absolute Gasteiger partial charge is 0.341 e. The van der Waals surface area contributed by atoms with Crippen molar-refractivity contribution >= 4 is 11.8 Å². The van der Waals surface area contributed by atoms with Crippen LogP contribution in [0.1, 0.15) is 44.0 Å². The predicted octanol–water partition coefficient (Wildman–Crippen LogP) is 2.80. The number of hydrogen-bond acceptors (Lipinski definition) is 2. The van der Waals surface area contributed by atoms with Gasteiger partial charge >= 0.3 is 0 Å². The quantitative estimate of drug-likeness (QED) is 0.843. The lowest BCUT2D eigenvalue weighted by Crippen LogP contribution is -2.38. The van der Waals surface area contributed by atoms with E-state index >= 15 is 0 Å². The molecule has 2 amide bonds. The molecule has 0 spiro atoms. The van der Waals surface area contributed by atoms with Gasteiger partial charge in [-0.2, -0.15) is 0 Å². The van der Waals surface area contributed by atoms with Crippen molar-refractivity contribution in [2.75, 3.05) is 26.2 Å². The van der Waals surface area contributed by atoms with Gasteiger partial charge in [-0.25, -0.2) is 0 Å². The summed E-state index contributed by atoms with van der Waals surface area (Å²) in [5, 5.41) is 0. The molecule has 0 aromatic heterocycles. The summed E-state index contributed by atoms with van der Waals surface area (Å²) in [5.74, 6) is 0.257. The van der Waals surface area contributed by atoms with Gasteiger partial charge in [0.15, 0.2) is 0 Å². The number of hydrogen-bond donors (Lipinski definition) is 0. The van der Waals surface area contributed by atoms with Crippen LogP contribution in [0.5, 0.6) is 0 Å². The Morgan fingerprint density at radius 1 is 0.955 bits per heavy atom. The first-order valence-electron chi connectivity index (χ1n) is 7.99. The molecule has 1 saturated heterocycles. The van der Waals surface area contributed by atoms with E-state index in [0.717, 1.165) is 18.5 Å². The van der Waals surface area contributed by atoms with Crippen LogP contribution in [-0.4, -0.2) is 47.8 Å². The van der Waals surface area contributed by atoms with Gasteiger partial charge in [0, 0.05) is 38.2 Å². The van der Waals surface area contributed by atoms with Crippen molar-refractivity contribution in [1.82, 2.24) is 9.80 Å². The summed E-state index contributed by atoms with van der Waals surface area (Å²) >= 11 is 0. The van der Waals surface area contributed by atoms with Gasteiger partial charge in [0.05, 0.1) is 0 Å². The molecule has 4 heteroatoms. The molecule has 22 heavy (non-hydrogen) atoms. The molecule has 0 aliphatic carbocycles. The second-order valence-corrected chi connectivity index (χ2v) is 7.13. The molecule has 1 fully saturated rings. The molecule has 0 radical (unpaired) electrons. The highest BCUT2D eigenvalue weighted by Gasteiger charge is 2.25. The minimum Gasteiger partial charge on any atom is -0.341 e. The predicted molar refractivity (Wildman–Crippen MR) is 87.6 cm³/mol. The third kappa shape index (κ3) is 4.58. The van der Waals surface area contributed by atoms with E-state index in [1.165, 1.54) is 0 Å². The van der Waals surface area contributed by atoms with Gasteiger partial charge in [-0.15, -0.1) is 0 Å². The zero-order valence-corrected chi connectivity index (χ0v) is 13.8. The van der Waals surface area contributed by atoms with E-state index in [9.17, 15) is 9.59 Å². The first-order chi connectivity index (χ1) is 10.4. The standard InChI is InChI=1S/C18H26N2O2/c1-18(2,3)14-16(21)19-10-7-11-20(13-12-19)17(22)15-8-5-4-6-9-15/h4-6,8-9H,7,10-14H2,1-3H3. The molecule has 0 bridgehead atoms. The molecule has 120 valence electrons. The van der Waals surface area contributed by atoms with Crippen molar-refractivity contribution in [3.05, 3.63) is 35.9 Å². The van der Waals surface area contributed by atoms with Crippen LogP contribution in [0.3, 0.4) is 0 Å². The molecule has 1 heterocycles. The molecular formula is C18H26N2O2. The Labute approximate surface area is 133 Å². The van der Waals surface area contributed by atoms with Gasteiger partial charge in [0.2, 0.25) is 5.91 Å². The van der Waals surface area contributed by atoms with Crippen LogP contribution >= 0.6 is 0 Å². The fourth-order valence-electron chi connectivity index (χ4n) is 2.70. The zero-order valence-electron chi connectivity index (χ0n) is 13.8. The Hall–Kier alpha value is -1.84. The Bertz CT molecular complexity index is 520. The normalized spacial score (nSPS) is 16.3. The SMILES string of the molecule is CC(C)(C)CC(=O)N1CCCN(C(=O)c2ccccc2)CC1. The first-order valence-corrected chi connectivity index (χ1v) is 7.99. The van der Waals surface area contributed by atoms with Crippen LogP contribution in [0.4, 0.5) is 0 Å². The highest BCUT2D eigenvalue weighted by Crippen LogP contribution is 2.20. The third-order valence-corrected chi connectivity index (χ3v) is 3.84. The van der Waals surface area contributed by atoms with Gasteiger partial charge in [-0.05, 0) is 24.0 Å². The highest BCUT2D eigenvalue weighted by molar-refractivity contribution is 5.94. The molecule has 2 rings (SSSR count). The molecule has 0 saturated carbocycles. The van der Waals surface area contributed by atoms with Gasteiger partial charge in [0.1, 0.15) is 0 Å². The fraction of sp³-hybridized carbons (Fsp3) is 0.556. The van der Waals surface area contributed by atoms with Crippen molar-refractivity contribution in [3.8, 4) is 0 Å². The molecule has 1 aromatic carbocycles. The zero-order chi connectivity index (χ0) is 16.2. The van der Waals surface area contributed by atoms with E-state index in [0.29, 0.717) is 26.1 Å². The number of carbonyl (C=O) groups excluding carboxylic acids is 2. The highest BCUT2D eigenvalue weighted by atomic mass is 16.2. The number of nitrogens with zero attached hydrogens (tertiary/aromatic N) is 2. The lowest BCUT2D eigenvalue weighted by molar-refractivity contribution is -0.132. The summed E-state index contributed by atoms with van der Waals surface area (Å²) in [7, 11) is 0. The summed E-state index contributed by atoms with van der Waals surface area (Å²) in [4.78, 5) is 28.6. The van der Waals surface area contributed by atoms with Crippen LogP contribution in [-0.2, 0) is 4.79 Å². The van der Waals surface area contributed by atoms with Crippen molar-refractivity contribution in [3.63, 3.8) is 0 Å². The number of benzene rings is 1. The molecule has 1 aromatic rings. The van der Waals surface area contributed by atoms with E-state index in [-0.39, 0.29) is 17.2 Å². The Kier molecular flexibility index (Phi) is 5.22. The summed E-state index contributed by atoms with van der Waals surface area (Å²) in [5.41, 5.74) is 0.722. The minimum atomic E-state index is 0.00291. The molecular weight excluding hydrogens is 276 g/mol. The summed E-state index contributed by atoms with van der Waals surface area (Å²) < 4.78 is 0. The molecule has 0 unspecified atom stereocenters. The molecule has 1 aliphatic heterocycles. The Morgan fingerprint density at radius 3 is 2.18 bits per heavy atom. The van der Waals surface area contributed by atoms with Gasteiger partial charge in [0.25, 0.3) is 5.91 Å². The number of carbonyl (C=O) groups is 2. The van der Waals surface area contributed by atoms with E-state index in [1.54, 1.807) is 0 Å². The molecule has 0 atom stereocenters. The van der Waals surface area contributed by atoms with E-state index < -0.39 is 0 Å². The number of amides is 2. The Morgan fingerprint density at radius 2 is 1.55 bits per heavy atom. The summed E-state index contributed by atoms with van der Waals surface area (Å²) in [6, 6.07) is 9.35. The van der Waals surface area contributed by atoms with Crippen LogP contribution in [0, 0.1) is 5.41 Å². The van der Waals surface area contributed by atoms with Gasteiger partial charge < -0.3 is 9.80 Å².